The summed E-state index contributed by atoms with van der Waals surface area (Å²) >= 11 is 0. The Morgan fingerprint density at radius 2 is 2.20 bits per heavy atom. The summed E-state index contributed by atoms with van der Waals surface area (Å²) in [4.78, 5) is 10.3. The van der Waals surface area contributed by atoms with Crippen LogP contribution in [0.25, 0.3) is 0 Å². The van der Waals surface area contributed by atoms with E-state index in [-0.39, 0.29) is 16.9 Å². The van der Waals surface area contributed by atoms with Crippen LogP contribution in [-0.2, 0) is 10.0 Å². The number of hydrogen-bond donors (Lipinski definition) is 1. The Kier molecular flexibility index (Phi) is 2.40. The van der Waals surface area contributed by atoms with E-state index in [1.54, 1.807) is 0 Å². The van der Waals surface area contributed by atoms with Crippen LogP contribution in [0.1, 0.15) is 23.9 Å². The van der Waals surface area contributed by atoms with Crippen molar-refractivity contribution in [1.29, 1.82) is 0 Å². The average molecular weight is 229 g/mol. The Hall–Kier alpha value is -1.14. The molecule has 2 atom stereocenters. The predicted octanol–water partition coefficient (Wildman–Crippen LogP) is 0.779. The molecule has 0 aliphatic heterocycles. The Bertz CT molecular complexity index is 476. The normalized spacial score (nSPS) is 25.1. The third-order valence-corrected chi connectivity index (χ3v) is 3.76. The van der Waals surface area contributed by atoms with Gasteiger partial charge < -0.3 is 4.42 Å². The summed E-state index contributed by atoms with van der Waals surface area (Å²) in [7, 11) is -3.59. The van der Waals surface area contributed by atoms with E-state index in [2.05, 4.69) is 4.72 Å². The minimum Gasteiger partial charge on any atom is -0.440 e. The second kappa shape index (κ2) is 3.46. The highest BCUT2D eigenvalue weighted by Crippen LogP contribution is 2.30. The topological polar surface area (TPSA) is 76.4 Å². The first-order valence-corrected chi connectivity index (χ1v) is 6.08. The highest BCUT2D eigenvalue weighted by Gasteiger charge is 2.37. The molecule has 1 saturated carbocycles. The molecule has 2 rings (SSSR count). The highest BCUT2D eigenvalue weighted by atomic mass is 32.2. The molecule has 5 nitrogen and oxygen atoms in total. The Morgan fingerprint density at radius 1 is 1.53 bits per heavy atom. The van der Waals surface area contributed by atoms with Gasteiger partial charge in [-0.2, -0.15) is 0 Å². The van der Waals surface area contributed by atoms with Crippen molar-refractivity contribution in [3.05, 3.63) is 17.9 Å². The second-order valence-electron chi connectivity index (χ2n) is 3.72. The molecule has 1 fully saturated rings. The molecule has 82 valence electrons. The van der Waals surface area contributed by atoms with E-state index in [9.17, 15) is 13.2 Å². The fourth-order valence-corrected chi connectivity index (χ4v) is 2.58. The number of aldehydes is 1. The molecule has 1 aliphatic rings. The van der Waals surface area contributed by atoms with Gasteiger partial charge in [0.15, 0.2) is 12.0 Å². The Balaban J connectivity index is 2.17. The maximum Gasteiger partial charge on any atom is 0.274 e. The third-order valence-electron chi connectivity index (χ3n) is 2.40. The SMILES string of the molecule is CC1CC1NS(=O)(=O)c1ccc(C=O)o1. The van der Waals surface area contributed by atoms with Crippen molar-refractivity contribution in [3.63, 3.8) is 0 Å². The lowest BCUT2D eigenvalue weighted by atomic mass is 10.5. The van der Waals surface area contributed by atoms with Crippen molar-refractivity contribution >= 4 is 16.3 Å². The van der Waals surface area contributed by atoms with Gasteiger partial charge >= 0.3 is 0 Å². The number of carbonyl (C=O) groups excluding carboxylic acids is 1. The van der Waals surface area contributed by atoms with E-state index < -0.39 is 10.0 Å². The molecular formula is C9H11NO4S. The molecule has 0 radical (unpaired) electrons. The van der Waals surface area contributed by atoms with Crippen molar-refractivity contribution in [3.8, 4) is 0 Å². The molecular weight excluding hydrogens is 218 g/mol. The minimum atomic E-state index is -3.59. The lowest BCUT2D eigenvalue weighted by Gasteiger charge is -2.01. The lowest BCUT2D eigenvalue weighted by molar-refractivity contribution is 0.109. The van der Waals surface area contributed by atoms with Gasteiger partial charge in [0.1, 0.15) is 0 Å². The first-order chi connectivity index (χ1) is 7.03. The zero-order valence-electron chi connectivity index (χ0n) is 8.14. The first kappa shape index (κ1) is 10.4. The molecule has 1 aromatic heterocycles. The van der Waals surface area contributed by atoms with E-state index >= 15 is 0 Å². The largest absolute Gasteiger partial charge is 0.440 e. The van der Waals surface area contributed by atoms with E-state index in [1.807, 2.05) is 6.92 Å². The van der Waals surface area contributed by atoms with E-state index in [4.69, 9.17) is 4.42 Å². The number of furan rings is 1. The fraction of sp³-hybridized carbons (Fsp3) is 0.444. The van der Waals surface area contributed by atoms with Gasteiger partial charge in [0.2, 0.25) is 5.09 Å². The van der Waals surface area contributed by atoms with Crippen molar-refractivity contribution in [1.82, 2.24) is 4.72 Å². The van der Waals surface area contributed by atoms with Gasteiger partial charge in [-0.1, -0.05) is 6.92 Å². The van der Waals surface area contributed by atoms with E-state index in [0.717, 1.165) is 6.42 Å². The molecule has 2 unspecified atom stereocenters. The molecule has 0 aromatic carbocycles. The van der Waals surface area contributed by atoms with Crippen LogP contribution in [0.2, 0.25) is 0 Å². The number of rotatable bonds is 4. The van der Waals surface area contributed by atoms with Crippen LogP contribution in [0.4, 0.5) is 0 Å². The lowest BCUT2D eigenvalue weighted by Crippen LogP contribution is -2.26. The van der Waals surface area contributed by atoms with Gasteiger partial charge in [0.25, 0.3) is 10.0 Å². The van der Waals surface area contributed by atoms with Gasteiger partial charge in [-0.3, -0.25) is 4.79 Å². The highest BCUT2D eigenvalue weighted by molar-refractivity contribution is 7.89. The molecule has 6 heteroatoms. The summed E-state index contributed by atoms with van der Waals surface area (Å²) in [5.74, 6) is 0.388. The van der Waals surface area contributed by atoms with Crippen molar-refractivity contribution in [2.24, 2.45) is 5.92 Å². The molecule has 1 aliphatic carbocycles. The van der Waals surface area contributed by atoms with Gasteiger partial charge in [-0.05, 0) is 24.5 Å². The van der Waals surface area contributed by atoms with Crippen LogP contribution < -0.4 is 4.72 Å². The number of carbonyl (C=O) groups is 1. The summed E-state index contributed by atoms with van der Waals surface area (Å²) in [6, 6.07) is 2.61. The Morgan fingerprint density at radius 3 is 2.67 bits per heavy atom. The van der Waals surface area contributed by atoms with Crippen LogP contribution in [0, 0.1) is 5.92 Å². The summed E-state index contributed by atoms with van der Waals surface area (Å²) in [5.41, 5.74) is 0. The summed E-state index contributed by atoms with van der Waals surface area (Å²) < 4.78 is 30.6. The first-order valence-electron chi connectivity index (χ1n) is 4.60. The molecule has 0 spiro atoms. The fourth-order valence-electron chi connectivity index (χ4n) is 1.29. The molecule has 0 amide bonds. The molecule has 1 aromatic rings. The van der Waals surface area contributed by atoms with Crippen LogP contribution >= 0.6 is 0 Å². The van der Waals surface area contributed by atoms with E-state index in [0.29, 0.717) is 12.2 Å². The van der Waals surface area contributed by atoms with E-state index in [1.165, 1.54) is 12.1 Å². The van der Waals surface area contributed by atoms with Crippen LogP contribution in [-0.4, -0.2) is 20.7 Å². The van der Waals surface area contributed by atoms with Gasteiger partial charge in [0.05, 0.1) is 0 Å². The smallest absolute Gasteiger partial charge is 0.274 e. The average Bonchev–Trinajstić information content (AvgIpc) is 2.72. The number of hydrogen-bond acceptors (Lipinski definition) is 4. The van der Waals surface area contributed by atoms with Gasteiger partial charge in [-0.25, -0.2) is 13.1 Å². The Labute approximate surface area is 87.5 Å². The zero-order chi connectivity index (χ0) is 11.1. The van der Waals surface area contributed by atoms with Crippen LogP contribution in [0.5, 0.6) is 0 Å². The van der Waals surface area contributed by atoms with Crippen LogP contribution in [0.3, 0.4) is 0 Å². The van der Waals surface area contributed by atoms with Gasteiger partial charge in [-0.15, -0.1) is 0 Å². The van der Waals surface area contributed by atoms with Crippen molar-refractivity contribution < 1.29 is 17.6 Å². The van der Waals surface area contributed by atoms with Crippen LogP contribution in [0.15, 0.2) is 21.6 Å². The standard InChI is InChI=1S/C9H11NO4S/c1-6-4-8(6)10-15(12,13)9-3-2-7(5-11)14-9/h2-3,5-6,8,10H,4H2,1H3. The predicted molar refractivity (Wildman–Crippen MR) is 52.0 cm³/mol. The molecule has 15 heavy (non-hydrogen) atoms. The van der Waals surface area contributed by atoms with Gasteiger partial charge in [0, 0.05) is 6.04 Å². The molecule has 0 saturated heterocycles. The summed E-state index contributed by atoms with van der Waals surface area (Å²) in [6.07, 6.45) is 1.32. The maximum absolute atomic E-state index is 11.6. The quantitative estimate of drug-likeness (QED) is 0.774. The number of nitrogens with one attached hydrogen (secondary N) is 1. The monoisotopic (exact) mass is 229 g/mol. The maximum atomic E-state index is 11.6. The molecule has 1 heterocycles. The summed E-state index contributed by atoms with van der Waals surface area (Å²) in [6.45, 7) is 1.96. The zero-order valence-corrected chi connectivity index (χ0v) is 8.95. The second-order valence-corrected chi connectivity index (χ2v) is 5.36. The molecule has 1 N–H and O–H groups in total. The minimum absolute atomic E-state index is 0.000203. The number of sulfonamides is 1. The molecule has 0 bridgehead atoms. The summed E-state index contributed by atoms with van der Waals surface area (Å²) in [5, 5.41) is -0.205. The third kappa shape index (κ3) is 2.10. The van der Waals surface area contributed by atoms with Crippen molar-refractivity contribution in [2.75, 3.05) is 0 Å². The van der Waals surface area contributed by atoms with Crippen molar-refractivity contribution in [2.45, 2.75) is 24.5 Å².